The molecule has 88 valence electrons. The molecular formula is C11H21FN2O. The number of hydrogen-bond donors (Lipinski definition) is 0. The number of alkyl halides is 1. The average molecular weight is 216 g/mol. The van der Waals surface area contributed by atoms with Crippen LogP contribution in [-0.2, 0) is 4.79 Å². The minimum absolute atomic E-state index is 0.112. The highest BCUT2D eigenvalue weighted by Gasteiger charge is 2.30. The third kappa shape index (κ3) is 4.16. The normalized spacial score (nSPS) is 27.7. The number of rotatable bonds is 3. The summed E-state index contributed by atoms with van der Waals surface area (Å²) >= 11 is 0. The molecule has 3 nitrogen and oxygen atoms in total. The highest BCUT2D eigenvalue weighted by molar-refractivity contribution is 5.75. The fourth-order valence-electron chi connectivity index (χ4n) is 1.96. The first-order valence-corrected chi connectivity index (χ1v) is 5.52. The van der Waals surface area contributed by atoms with Crippen LogP contribution in [0.25, 0.3) is 0 Å². The van der Waals surface area contributed by atoms with Crippen LogP contribution in [0.4, 0.5) is 4.39 Å². The molecule has 1 fully saturated rings. The molecule has 15 heavy (non-hydrogen) atoms. The van der Waals surface area contributed by atoms with E-state index >= 15 is 0 Å². The molecule has 1 saturated heterocycles. The lowest BCUT2D eigenvalue weighted by Gasteiger charge is -2.35. The van der Waals surface area contributed by atoms with Crippen molar-refractivity contribution in [1.82, 2.24) is 9.80 Å². The summed E-state index contributed by atoms with van der Waals surface area (Å²) in [6, 6.07) is 0. The van der Waals surface area contributed by atoms with Crippen LogP contribution in [0.1, 0.15) is 26.2 Å². The van der Waals surface area contributed by atoms with E-state index in [9.17, 15) is 9.18 Å². The van der Waals surface area contributed by atoms with Gasteiger partial charge in [0.05, 0.1) is 0 Å². The largest absolute Gasteiger partial charge is 0.349 e. The van der Waals surface area contributed by atoms with Crippen LogP contribution in [0.2, 0.25) is 0 Å². The van der Waals surface area contributed by atoms with Crippen molar-refractivity contribution in [2.75, 3.05) is 33.7 Å². The van der Waals surface area contributed by atoms with Gasteiger partial charge in [-0.05, 0) is 26.3 Å². The first kappa shape index (κ1) is 12.4. The summed E-state index contributed by atoms with van der Waals surface area (Å²) in [6.07, 6.45) is 2.03. The van der Waals surface area contributed by atoms with Crippen molar-refractivity contribution < 1.29 is 9.18 Å². The van der Waals surface area contributed by atoms with Crippen molar-refractivity contribution in [2.24, 2.45) is 0 Å². The molecule has 1 aliphatic rings. The van der Waals surface area contributed by atoms with Gasteiger partial charge >= 0.3 is 0 Å². The van der Waals surface area contributed by atoms with Crippen molar-refractivity contribution in [3.05, 3.63) is 0 Å². The summed E-state index contributed by atoms with van der Waals surface area (Å²) in [5, 5.41) is 0. The molecule has 0 aromatic carbocycles. The zero-order chi connectivity index (χ0) is 11.5. The second kappa shape index (κ2) is 4.92. The average Bonchev–Trinajstić information content (AvgIpc) is 2.12. The number of likely N-dealkylation sites (tertiary alicyclic amines) is 1. The van der Waals surface area contributed by atoms with Crippen LogP contribution in [-0.4, -0.2) is 55.1 Å². The Morgan fingerprint density at radius 2 is 2.20 bits per heavy atom. The maximum atomic E-state index is 13.7. The van der Waals surface area contributed by atoms with Gasteiger partial charge in [0.1, 0.15) is 5.67 Å². The van der Waals surface area contributed by atoms with E-state index < -0.39 is 5.67 Å². The lowest BCUT2D eigenvalue weighted by atomic mass is 9.97. The number of carbonyl (C=O) groups is 1. The fraction of sp³-hybridized carbons (Fsp3) is 0.909. The van der Waals surface area contributed by atoms with Crippen molar-refractivity contribution >= 4 is 5.91 Å². The highest BCUT2D eigenvalue weighted by atomic mass is 19.1. The summed E-state index contributed by atoms with van der Waals surface area (Å²) in [4.78, 5) is 15.0. The van der Waals surface area contributed by atoms with E-state index in [1.807, 2.05) is 4.90 Å². The van der Waals surface area contributed by atoms with Crippen LogP contribution in [0, 0.1) is 0 Å². The van der Waals surface area contributed by atoms with Crippen LogP contribution < -0.4 is 0 Å². The number of amides is 1. The first-order chi connectivity index (χ1) is 6.91. The highest BCUT2D eigenvalue weighted by Crippen LogP contribution is 2.24. The minimum atomic E-state index is -1.07. The molecule has 0 spiro atoms. The van der Waals surface area contributed by atoms with E-state index in [1.54, 1.807) is 25.9 Å². The lowest BCUT2D eigenvalue weighted by molar-refractivity contribution is -0.129. The monoisotopic (exact) mass is 216 g/mol. The number of carbonyl (C=O) groups excluding carboxylic acids is 1. The molecule has 1 amide bonds. The van der Waals surface area contributed by atoms with Gasteiger partial charge in [-0.2, -0.15) is 0 Å². The lowest BCUT2D eigenvalue weighted by Crippen LogP contribution is -2.44. The molecule has 0 unspecified atom stereocenters. The molecule has 1 aliphatic heterocycles. The van der Waals surface area contributed by atoms with Gasteiger partial charge in [-0.25, -0.2) is 4.39 Å². The Kier molecular flexibility index (Phi) is 4.08. The van der Waals surface area contributed by atoms with E-state index in [0.29, 0.717) is 25.9 Å². The molecule has 0 bridgehead atoms. The van der Waals surface area contributed by atoms with Crippen molar-refractivity contribution in [2.45, 2.75) is 31.9 Å². The van der Waals surface area contributed by atoms with Crippen LogP contribution in [0.15, 0.2) is 0 Å². The van der Waals surface area contributed by atoms with E-state index in [4.69, 9.17) is 0 Å². The van der Waals surface area contributed by atoms with Crippen LogP contribution in [0.5, 0.6) is 0 Å². The Balaban J connectivity index is 2.30. The smallest absolute Gasteiger partial charge is 0.223 e. The molecule has 0 saturated carbocycles. The van der Waals surface area contributed by atoms with E-state index in [-0.39, 0.29) is 5.91 Å². The summed E-state index contributed by atoms with van der Waals surface area (Å²) in [6.45, 7) is 3.71. The van der Waals surface area contributed by atoms with Gasteiger partial charge in [0.15, 0.2) is 0 Å². The summed E-state index contributed by atoms with van der Waals surface area (Å²) in [5.74, 6) is 0.112. The summed E-state index contributed by atoms with van der Waals surface area (Å²) < 4.78 is 13.7. The summed E-state index contributed by atoms with van der Waals surface area (Å²) in [5.41, 5.74) is -1.07. The van der Waals surface area contributed by atoms with Crippen LogP contribution >= 0.6 is 0 Å². The third-order valence-electron chi connectivity index (χ3n) is 2.87. The Morgan fingerprint density at radius 1 is 1.53 bits per heavy atom. The Hall–Kier alpha value is -0.640. The third-order valence-corrected chi connectivity index (χ3v) is 2.87. The number of halogens is 1. The topological polar surface area (TPSA) is 23.6 Å². The Morgan fingerprint density at radius 3 is 2.73 bits per heavy atom. The summed E-state index contributed by atoms with van der Waals surface area (Å²) in [7, 11) is 3.50. The first-order valence-electron chi connectivity index (χ1n) is 5.52. The molecule has 0 aromatic rings. The molecule has 0 aromatic heterocycles. The van der Waals surface area contributed by atoms with Gasteiger partial charge in [0.2, 0.25) is 5.91 Å². The minimum Gasteiger partial charge on any atom is -0.349 e. The van der Waals surface area contributed by atoms with Crippen molar-refractivity contribution in [3.63, 3.8) is 0 Å². The fourth-order valence-corrected chi connectivity index (χ4v) is 1.96. The molecular weight excluding hydrogens is 195 g/mol. The van der Waals surface area contributed by atoms with Gasteiger partial charge in [-0.1, -0.05) is 0 Å². The predicted molar refractivity (Wildman–Crippen MR) is 58.5 cm³/mol. The second-order valence-electron chi connectivity index (χ2n) is 4.83. The quantitative estimate of drug-likeness (QED) is 0.709. The Bertz CT molecular complexity index is 229. The molecule has 1 atom stereocenters. The predicted octanol–water partition coefficient (Wildman–Crippen LogP) is 1.29. The SMILES string of the molecule is CN(C)C(=O)CCN1CCC[C@@](C)(F)C1. The van der Waals surface area contributed by atoms with E-state index in [0.717, 1.165) is 13.0 Å². The van der Waals surface area contributed by atoms with Crippen molar-refractivity contribution in [3.8, 4) is 0 Å². The van der Waals surface area contributed by atoms with Gasteiger partial charge in [0, 0.05) is 33.6 Å². The number of piperidine rings is 1. The molecule has 0 radical (unpaired) electrons. The molecule has 4 heteroatoms. The zero-order valence-electron chi connectivity index (χ0n) is 9.92. The zero-order valence-corrected chi connectivity index (χ0v) is 9.92. The Labute approximate surface area is 91.2 Å². The van der Waals surface area contributed by atoms with Crippen molar-refractivity contribution in [1.29, 1.82) is 0 Å². The van der Waals surface area contributed by atoms with Crippen LogP contribution in [0.3, 0.4) is 0 Å². The molecule has 1 rings (SSSR count). The number of nitrogens with zero attached hydrogens (tertiary/aromatic N) is 2. The maximum absolute atomic E-state index is 13.7. The molecule has 1 heterocycles. The van der Waals surface area contributed by atoms with E-state index in [1.165, 1.54) is 0 Å². The molecule has 0 N–H and O–H groups in total. The molecule has 0 aliphatic carbocycles. The van der Waals surface area contributed by atoms with E-state index in [2.05, 4.69) is 0 Å². The van der Waals surface area contributed by atoms with Gasteiger partial charge in [0.25, 0.3) is 0 Å². The number of hydrogen-bond acceptors (Lipinski definition) is 2. The van der Waals surface area contributed by atoms with Gasteiger partial charge in [-0.15, -0.1) is 0 Å². The van der Waals surface area contributed by atoms with Gasteiger partial charge < -0.3 is 4.90 Å². The standard InChI is InChI=1S/C11H21FN2O/c1-11(12)6-4-7-14(9-11)8-5-10(15)13(2)3/h4-9H2,1-3H3/t11-/m1/s1. The maximum Gasteiger partial charge on any atom is 0.223 e. The second-order valence-corrected chi connectivity index (χ2v) is 4.83. The van der Waals surface area contributed by atoms with Gasteiger partial charge in [-0.3, -0.25) is 9.69 Å².